The highest BCUT2D eigenvalue weighted by molar-refractivity contribution is 5.98. The Morgan fingerprint density at radius 2 is 1.62 bits per heavy atom. The summed E-state index contributed by atoms with van der Waals surface area (Å²) in [5, 5.41) is 3.75. The molecular formula is C14H16N4O6. The molecular weight excluding hydrogens is 320 g/mol. The summed E-state index contributed by atoms with van der Waals surface area (Å²) < 4.78 is 20.8. The summed E-state index contributed by atoms with van der Waals surface area (Å²) in [7, 11) is 5.45. The lowest BCUT2D eigenvalue weighted by atomic mass is 10.1. The number of hydrogen-bond acceptors (Lipinski definition) is 9. The maximum Gasteiger partial charge on any atom is 0.378 e. The van der Waals surface area contributed by atoms with Crippen molar-refractivity contribution < 1.29 is 28.5 Å². The number of nitrogens with zero attached hydrogens (tertiary/aromatic N) is 3. The van der Waals surface area contributed by atoms with Crippen LogP contribution in [0.15, 0.2) is 12.1 Å². The second-order valence-electron chi connectivity index (χ2n) is 4.42. The van der Waals surface area contributed by atoms with E-state index >= 15 is 0 Å². The van der Waals surface area contributed by atoms with E-state index in [0.29, 0.717) is 5.75 Å². The molecule has 2 rings (SSSR count). The van der Waals surface area contributed by atoms with Crippen molar-refractivity contribution in [3.8, 4) is 17.2 Å². The van der Waals surface area contributed by atoms with Crippen LogP contribution in [-0.4, -0.2) is 55.1 Å². The Labute approximate surface area is 137 Å². The molecule has 0 spiro atoms. The molecule has 0 fully saturated rings. The van der Waals surface area contributed by atoms with Gasteiger partial charge in [0.1, 0.15) is 0 Å². The van der Waals surface area contributed by atoms with Gasteiger partial charge in [0.25, 0.3) is 11.7 Å². The Hall–Kier alpha value is -3.30. The molecule has 1 aromatic heterocycles. The van der Waals surface area contributed by atoms with Crippen LogP contribution in [0.2, 0.25) is 0 Å². The number of aromatic nitrogens is 3. The smallest absolute Gasteiger partial charge is 0.378 e. The van der Waals surface area contributed by atoms with Gasteiger partial charge in [-0.2, -0.15) is 9.67 Å². The van der Waals surface area contributed by atoms with Gasteiger partial charge in [0.15, 0.2) is 11.5 Å². The number of nitrogens with two attached hydrogens (primary N) is 1. The Balaban J connectivity index is 2.50. The Kier molecular flexibility index (Phi) is 4.87. The average Bonchev–Trinajstić information content (AvgIpc) is 3.00. The SMILES string of the molecule is COC(=O)c1nc(N)n(C(=O)c2cc(OC)c(OC)c(OC)c2)n1. The molecule has 0 saturated heterocycles. The topological polar surface area (TPSA) is 128 Å². The molecule has 1 heterocycles. The van der Waals surface area contributed by atoms with Crippen LogP contribution in [0.3, 0.4) is 0 Å². The van der Waals surface area contributed by atoms with E-state index in [0.717, 1.165) is 4.68 Å². The Morgan fingerprint density at radius 1 is 1.04 bits per heavy atom. The molecule has 10 nitrogen and oxygen atoms in total. The number of esters is 1. The van der Waals surface area contributed by atoms with E-state index in [1.54, 1.807) is 0 Å². The first-order valence-corrected chi connectivity index (χ1v) is 6.62. The molecule has 2 aromatic rings. The van der Waals surface area contributed by atoms with Gasteiger partial charge in [-0.05, 0) is 12.1 Å². The molecule has 0 aliphatic carbocycles. The molecule has 0 bridgehead atoms. The van der Waals surface area contributed by atoms with Crippen molar-refractivity contribution in [3.63, 3.8) is 0 Å². The van der Waals surface area contributed by atoms with E-state index in [9.17, 15) is 9.59 Å². The van der Waals surface area contributed by atoms with Crippen molar-refractivity contribution in [2.75, 3.05) is 34.2 Å². The summed E-state index contributed by atoms with van der Waals surface area (Å²) in [5.41, 5.74) is 5.79. The van der Waals surface area contributed by atoms with Gasteiger partial charge in [0, 0.05) is 5.56 Å². The molecule has 1 aromatic carbocycles. The van der Waals surface area contributed by atoms with E-state index in [1.807, 2.05) is 0 Å². The lowest BCUT2D eigenvalue weighted by molar-refractivity contribution is 0.0586. The zero-order valence-corrected chi connectivity index (χ0v) is 13.5. The third-order valence-electron chi connectivity index (χ3n) is 3.10. The third-order valence-corrected chi connectivity index (χ3v) is 3.10. The van der Waals surface area contributed by atoms with E-state index in [-0.39, 0.29) is 28.8 Å². The summed E-state index contributed by atoms with van der Waals surface area (Å²) >= 11 is 0. The van der Waals surface area contributed by atoms with Crippen molar-refractivity contribution in [1.29, 1.82) is 0 Å². The Bertz CT molecular complexity index is 761. The minimum Gasteiger partial charge on any atom is -0.493 e. The highest BCUT2D eigenvalue weighted by Crippen LogP contribution is 2.38. The van der Waals surface area contributed by atoms with Crippen LogP contribution in [0.25, 0.3) is 0 Å². The third kappa shape index (κ3) is 2.93. The molecule has 0 radical (unpaired) electrons. The molecule has 0 unspecified atom stereocenters. The molecule has 24 heavy (non-hydrogen) atoms. The molecule has 128 valence electrons. The van der Waals surface area contributed by atoms with Crippen LogP contribution < -0.4 is 19.9 Å². The number of hydrogen-bond donors (Lipinski definition) is 1. The molecule has 0 aliphatic heterocycles. The lowest BCUT2D eigenvalue weighted by Crippen LogP contribution is -2.17. The number of anilines is 1. The number of rotatable bonds is 5. The minimum atomic E-state index is -0.807. The zero-order chi connectivity index (χ0) is 17.9. The first-order chi connectivity index (χ1) is 11.5. The monoisotopic (exact) mass is 336 g/mol. The quantitative estimate of drug-likeness (QED) is 0.769. The molecule has 0 aliphatic rings. The minimum absolute atomic E-state index is 0.150. The highest BCUT2D eigenvalue weighted by Gasteiger charge is 2.23. The van der Waals surface area contributed by atoms with Gasteiger partial charge in [-0.3, -0.25) is 4.79 Å². The van der Waals surface area contributed by atoms with Crippen LogP contribution in [0.1, 0.15) is 21.0 Å². The number of ether oxygens (including phenoxy) is 4. The second-order valence-corrected chi connectivity index (χ2v) is 4.42. The number of benzene rings is 1. The predicted octanol–water partition coefficient (Wildman–Crippen LogP) is 0.361. The first kappa shape index (κ1) is 17.1. The van der Waals surface area contributed by atoms with E-state index in [4.69, 9.17) is 19.9 Å². The van der Waals surface area contributed by atoms with Crippen molar-refractivity contribution >= 4 is 17.8 Å². The van der Waals surface area contributed by atoms with Crippen molar-refractivity contribution in [2.24, 2.45) is 0 Å². The van der Waals surface area contributed by atoms with Crippen molar-refractivity contribution in [1.82, 2.24) is 14.8 Å². The van der Waals surface area contributed by atoms with Gasteiger partial charge in [-0.1, -0.05) is 0 Å². The summed E-state index contributed by atoms with van der Waals surface area (Å²) in [4.78, 5) is 27.7. The number of carbonyl (C=O) groups excluding carboxylic acids is 2. The normalized spacial score (nSPS) is 10.2. The van der Waals surface area contributed by atoms with Crippen LogP contribution in [0.5, 0.6) is 17.2 Å². The lowest BCUT2D eigenvalue weighted by Gasteiger charge is -2.13. The van der Waals surface area contributed by atoms with Gasteiger partial charge >= 0.3 is 5.97 Å². The summed E-state index contributed by atoms with van der Waals surface area (Å²) in [6.07, 6.45) is 0. The fraction of sp³-hybridized carbons (Fsp3) is 0.286. The molecule has 2 N–H and O–H groups in total. The summed E-state index contributed by atoms with van der Waals surface area (Å²) in [5.74, 6) is -1.12. The largest absolute Gasteiger partial charge is 0.493 e. The number of carbonyl (C=O) groups is 2. The fourth-order valence-corrected chi connectivity index (χ4v) is 1.98. The van der Waals surface area contributed by atoms with Crippen molar-refractivity contribution in [2.45, 2.75) is 0 Å². The van der Waals surface area contributed by atoms with Gasteiger partial charge in [0.05, 0.1) is 28.4 Å². The van der Waals surface area contributed by atoms with Crippen LogP contribution in [-0.2, 0) is 4.74 Å². The number of methoxy groups -OCH3 is 4. The molecule has 0 atom stereocenters. The molecule has 10 heteroatoms. The summed E-state index contributed by atoms with van der Waals surface area (Å²) in [6.45, 7) is 0. The zero-order valence-electron chi connectivity index (χ0n) is 13.5. The first-order valence-electron chi connectivity index (χ1n) is 6.62. The van der Waals surface area contributed by atoms with Crippen molar-refractivity contribution in [3.05, 3.63) is 23.5 Å². The van der Waals surface area contributed by atoms with Gasteiger partial charge in [0.2, 0.25) is 11.7 Å². The molecule has 0 saturated carbocycles. The van der Waals surface area contributed by atoms with E-state index in [1.165, 1.54) is 40.6 Å². The number of nitrogen functional groups attached to an aromatic ring is 1. The van der Waals surface area contributed by atoms with Crippen LogP contribution in [0, 0.1) is 0 Å². The van der Waals surface area contributed by atoms with Gasteiger partial charge < -0.3 is 24.7 Å². The fourth-order valence-electron chi connectivity index (χ4n) is 1.98. The second kappa shape index (κ2) is 6.86. The average molecular weight is 336 g/mol. The van der Waals surface area contributed by atoms with E-state index in [2.05, 4.69) is 14.8 Å². The maximum atomic E-state index is 12.6. The van der Waals surface area contributed by atoms with E-state index < -0.39 is 11.9 Å². The standard InChI is InChI=1S/C14H16N4O6/c1-21-8-5-7(6-9(22-2)10(8)23-3)12(19)18-14(15)16-11(17-18)13(20)24-4/h5-6H,1-4H3,(H2,15,16,17). The van der Waals surface area contributed by atoms with Crippen LogP contribution in [0.4, 0.5) is 5.95 Å². The Morgan fingerprint density at radius 3 is 2.08 bits per heavy atom. The summed E-state index contributed by atoms with van der Waals surface area (Å²) in [6, 6.07) is 2.87. The maximum absolute atomic E-state index is 12.6. The van der Waals surface area contributed by atoms with Gasteiger partial charge in [-0.25, -0.2) is 4.79 Å². The highest BCUT2D eigenvalue weighted by atomic mass is 16.5. The molecule has 0 amide bonds. The predicted molar refractivity (Wildman–Crippen MR) is 81.6 cm³/mol. The van der Waals surface area contributed by atoms with Crippen LogP contribution >= 0.6 is 0 Å². The van der Waals surface area contributed by atoms with Gasteiger partial charge in [-0.15, -0.1) is 5.10 Å².